The van der Waals surface area contributed by atoms with Crippen molar-refractivity contribution >= 4 is 46.9 Å². The van der Waals surface area contributed by atoms with Crippen molar-refractivity contribution < 1.29 is 28.3 Å². The number of imide groups is 1. The summed E-state index contributed by atoms with van der Waals surface area (Å²) in [4.78, 5) is 56.8. The molecule has 0 radical (unpaired) electrons. The van der Waals surface area contributed by atoms with Crippen LogP contribution in [-0.4, -0.2) is 66.7 Å². The van der Waals surface area contributed by atoms with Crippen LogP contribution in [0.15, 0.2) is 59.0 Å². The number of carbonyl (C=O) groups is 4. The Bertz CT molecular complexity index is 1250. The average molecular weight is 513 g/mol. The molecule has 188 valence electrons. The number of carbonyl (C=O) groups excluding carboxylic acids is 4. The summed E-state index contributed by atoms with van der Waals surface area (Å²) >= 11 is 1.10. The molecule has 2 heterocycles. The minimum Gasteiger partial charge on any atom is -0.497 e. The number of methoxy groups -OCH3 is 1. The molecule has 2 aliphatic heterocycles. The molecule has 0 spiro atoms. The second-order valence-corrected chi connectivity index (χ2v) is 9.66. The number of nitrogens with one attached hydrogen (secondary N) is 1. The van der Waals surface area contributed by atoms with Crippen molar-refractivity contribution in [2.24, 2.45) is 5.92 Å². The SMILES string of the molecule is COc1ccc(NC(=O)CN2C(=O)N(c3ccc(F)cc3)C(=O)C3C(C)=C(C(=O)N(C)C)SC32)cc1. The van der Waals surface area contributed by atoms with Crippen LogP contribution in [0.2, 0.25) is 0 Å². The zero-order chi connectivity index (χ0) is 26.1. The summed E-state index contributed by atoms with van der Waals surface area (Å²) in [5.41, 5.74) is 1.20. The van der Waals surface area contributed by atoms with E-state index >= 15 is 0 Å². The molecule has 0 bridgehead atoms. The molecular formula is C25H25FN4O5S. The van der Waals surface area contributed by atoms with Crippen molar-refractivity contribution in [3.8, 4) is 5.75 Å². The third-order valence-corrected chi connectivity index (χ3v) is 7.45. The molecule has 0 aromatic heterocycles. The van der Waals surface area contributed by atoms with Gasteiger partial charge in [0.2, 0.25) is 11.8 Å². The summed E-state index contributed by atoms with van der Waals surface area (Å²) in [5, 5.41) is 1.96. The van der Waals surface area contributed by atoms with Crippen LogP contribution < -0.4 is 15.0 Å². The highest BCUT2D eigenvalue weighted by molar-refractivity contribution is 8.04. The number of thioether (sulfide) groups is 1. The van der Waals surface area contributed by atoms with Crippen LogP contribution >= 0.6 is 11.8 Å². The maximum absolute atomic E-state index is 13.6. The fourth-order valence-electron chi connectivity index (χ4n) is 4.10. The van der Waals surface area contributed by atoms with E-state index < -0.39 is 35.0 Å². The van der Waals surface area contributed by atoms with Crippen molar-refractivity contribution in [2.45, 2.75) is 12.3 Å². The van der Waals surface area contributed by atoms with E-state index in [0.29, 0.717) is 21.9 Å². The third-order valence-electron chi connectivity index (χ3n) is 5.95. The second kappa shape index (κ2) is 10.0. The van der Waals surface area contributed by atoms with Gasteiger partial charge in [0, 0.05) is 19.8 Å². The number of hydrogen-bond donors (Lipinski definition) is 1. The number of halogens is 1. The van der Waals surface area contributed by atoms with Gasteiger partial charge in [0.15, 0.2) is 0 Å². The Morgan fingerprint density at radius 2 is 1.72 bits per heavy atom. The lowest BCUT2D eigenvalue weighted by atomic mass is 9.95. The lowest BCUT2D eigenvalue weighted by Gasteiger charge is -2.41. The summed E-state index contributed by atoms with van der Waals surface area (Å²) in [6, 6.07) is 10.9. The highest BCUT2D eigenvalue weighted by atomic mass is 32.2. The second-order valence-electron chi connectivity index (χ2n) is 8.54. The molecule has 0 saturated carbocycles. The minimum absolute atomic E-state index is 0.176. The molecule has 2 unspecified atom stereocenters. The molecule has 2 aliphatic rings. The molecule has 4 rings (SSSR count). The van der Waals surface area contributed by atoms with Gasteiger partial charge in [-0.3, -0.25) is 14.4 Å². The number of ether oxygens (including phenoxy) is 1. The Morgan fingerprint density at radius 1 is 1.08 bits per heavy atom. The summed E-state index contributed by atoms with van der Waals surface area (Å²) in [5.74, 6) is -2.04. The zero-order valence-electron chi connectivity index (χ0n) is 20.1. The summed E-state index contributed by atoms with van der Waals surface area (Å²) in [6.07, 6.45) is 0. The summed E-state index contributed by atoms with van der Waals surface area (Å²) in [7, 11) is 4.73. The molecule has 36 heavy (non-hydrogen) atoms. The van der Waals surface area contributed by atoms with Crippen LogP contribution in [0.1, 0.15) is 6.92 Å². The predicted octanol–water partition coefficient (Wildman–Crippen LogP) is 3.29. The Balaban J connectivity index is 1.66. The standard InChI is InChI=1S/C25H25FN4O5S/c1-14-20-22(32)30(17-9-5-15(26)6-10-17)25(34)29(24(20)36-21(14)23(33)28(2)3)13-19(31)27-16-7-11-18(35-4)12-8-16/h5-12,20,24H,13H2,1-4H3,(H,27,31). The maximum Gasteiger partial charge on any atom is 0.332 e. The molecule has 11 heteroatoms. The van der Waals surface area contributed by atoms with Gasteiger partial charge in [0.1, 0.15) is 23.5 Å². The first-order valence-electron chi connectivity index (χ1n) is 11.1. The summed E-state index contributed by atoms with van der Waals surface area (Å²) < 4.78 is 18.7. The number of urea groups is 1. The largest absolute Gasteiger partial charge is 0.497 e. The normalized spacial score (nSPS) is 19.4. The first-order valence-corrected chi connectivity index (χ1v) is 11.9. The Hall–Kier alpha value is -3.86. The number of fused-ring (bicyclic) bond motifs is 1. The maximum atomic E-state index is 13.6. The lowest BCUT2D eigenvalue weighted by molar-refractivity contribution is -0.124. The highest BCUT2D eigenvalue weighted by Gasteiger charge is 2.53. The third kappa shape index (κ3) is 4.66. The first kappa shape index (κ1) is 25.2. The van der Waals surface area contributed by atoms with Crippen LogP contribution in [0, 0.1) is 11.7 Å². The number of nitrogens with zero attached hydrogens (tertiary/aromatic N) is 3. The van der Waals surface area contributed by atoms with Gasteiger partial charge in [-0.1, -0.05) is 11.8 Å². The molecule has 1 saturated heterocycles. The number of benzene rings is 2. The van der Waals surface area contributed by atoms with E-state index in [0.717, 1.165) is 28.8 Å². The lowest BCUT2D eigenvalue weighted by Crippen LogP contribution is -2.61. The average Bonchev–Trinajstić information content (AvgIpc) is 3.20. The molecular weight excluding hydrogens is 487 g/mol. The fourth-order valence-corrected chi connectivity index (χ4v) is 5.68. The Labute approximate surface area is 211 Å². The number of anilines is 2. The number of hydrogen-bond acceptors (Lipinski definition) is 6. The van der Waals surface area contributed by atoms with E-state index in [1.807, 2.05) is 0 Å². The van der Waals surface area contributed by atoms with Crippen molar-refractivity contribution in [3.63, 3.8) is 0 Å². The van der Waals surface area contributed by atoms with Gasteiger partial charge in [-0.15, -0.1) is 0 Å². The van der Waals surface area contributed by atoms with Crippen LogP contribution in [0.5, 0.6) is 5.75 Å². The van der Waals surface area contributed by atoms with Gasteiger partial charge in [-0.2, -0.15) is 0 Å². The zero-order valence-corrected chi connectivity index (χ0v) is 21.0. The fraction of sp³-hybridized carbons (Fsp3) is 0.280. The van der Waals surface area contributed by atoms with E-state index in [4.69, 9.17) is 4.74 Å². The van der Waals surface area contributed by atoms with Gasteiger partial charge in [0.05, 0.1) is 23.6 Å². The topological polar surface area (TPSA) is 99.3 Å². The molecule has 2 aromatic rings. The Morgan fingerprint density at radius 3 is 2.31 bits per heavy atom. The molecule has 2 aromatic carbocycles. The number of likely N-dealkylation sites (N-methyl/N-ethyl adjacent to an activating group) is 1. The van der Waals surface area contributed by atoms with Crippen LogP contribution in [-0.2, 0) is 14.4 Å². The van der Waals surface area contributed by atoms with Crippen molar-refractivity contribution in [3.05, 3.63) is 64.8 Å². The van der Waals surface area contributed by atoms with E-state index in [-0.39, 0.29) is 18.1 Å². The van der Waals surface area contributed by atoms with Gasteiger partial charge in [-0.25, -0.2) is 14.1 Å². The van der Waals surface area contributed by atoms with Crippen molar-refractivity contribution in [1.82, 2.24) is 9.80 Å². The van der Waals surface area contributed by atoms with Crippen LogP contribution in [0.3, 0.4) is 0 Å². The monoisotopic (exact) mass is 512 g/mol. The minimum atomic E-state index is -0.842. The van der Waals surface area contributed by atoms with Gasteiger partial charge in [-0.05, 0) is 61.0 Å². The predicted molar refractivity (Wildman–Crippen MR) is 134 cm³/mol. The van der Waals surface area contributed by atoms with Gasteiger partial charge in [0.25, 0.3) is 5.91 Å². The Kier molecular flexibility index (Phi) is 7.02. The molecule has 5 amide bonds. The van der Waals surface area contributed by atoms with Gasteiger partial charge < -0.3 is 19.9 Å². The molecule has 0 aliphatic carbocycles. The van der Waals surface area contributed by atoms with Crippen molar-refractivity contribution in [1.29, 1.82) is 0 Å². The van der Waals surface area contributed by atoms with Gasteiger partial charge >= 0.3 is 6.03 Å². The van der Waals surface area contributed by atoms with Crippen molar-refractivity contribution in [2.75, 3.05) is 38.0 Å². The van der Waals surface area contributed by atoms with E-state index in [1.54, 1.807) is 45.3 Å². The highest BCUT2D eigenvalue weighted by Crippen LogP contribution is 2.48. The molecule has 2 atom stereocenters. The first-order chi connectivity index (χ1) is 17.1. The van der Waals surface area contributed by atoms with E-state index in [1.165, 1.54) is 29.0 Å². The molecule has 9 nitrogen and oxygen atoms in total. The van der Waals surface area contributed by atoms with E-state index in [9.17, 15) is 23.6 Å². The summed E-state index contributed by atoms with van der Waals surface area (Å²) in [6.45, 7) is 1.32. The van der Waals surface area contributed by atoms with Crippen LogP contribution in [0.4, 0.5) is 20.6 Å². The number of rotatable bonds is 6. The van der Waals surface area contributed by atoms with Crippen LogP contribution in [0.25, 0.3) is 0 Å². The van der Waals surface area contributed by atoms with E-state index in [2.05, 4.69) is 5.32 Å². The molecule has 1 N–H and O–H groups in total. The quantitative estimate of drug-likeness (QED) is 0.638. The smallest absolute Gasteiger partial charge is 0.332 e. The number of amides is 5. The molecule has 1 fully saturated rings.